The van der Waals surface area contributed by atoms with Gasteiger partial charge in [-0.15, -0.1) is 0 Å². The fourth-order valence-corrected chi connectivity index (χ4v) is 7.98. The predicted octanol–water partition coefficient (Wildman–Crippen LogP) is 12.5. The predicted molar refractivity (Wildman–Crippen MR) is 193 cm³/mol. The standard InChI is InChI=1S/C45H32/c1-45(2)40-24-12-11-22-38(40)44-39(23-13-25-41(44)45)43-36-20-9-7-18-34(36)42(35-19-8-10-21-37(35)43)33-17-6-5-16-32(33)31-27-26-29-14-3-4-15-30(29)28-31/h3-28H,1-2H3. The summed E-state index contributed by atoms with van der Waals surface area (Å²) in [6.07, 6.45) is 0. The second kappa shape index (κ2) is 9.78. The number of hydrogen-bond donors (Lipinski definition) is 0. The third kappa shape index (κ3) is 3.79. The van der Waals surface area contributed by atoms with Crippen molar-refractivity contribution in [2.24, 2.45) is 0 Å². The van der Waals surface area contributed by atoms with Crippen LogP contribution in [0.25, 0.3) is 76.8 Å². The van der Waals surface area contributed by atoms with Crippen molar-refractivity contribution in [3.05, 3.63) is 169 Å². The molecule has 0 saturated carbocycles. The van der Waals surface area contributed by atoms with Crippen molar-refractivity contribution in [1.82, 2.24) is 0 Å². The summed E-state index contributed by atoms with van der Waals surface area (Å²) in [6.45, 7) is 4.73. The summed E-state index contributed by atoms with van der Waals surface area (Å²) in [7, 11) is 0. The van der Waals surface area contributed by atoms with Crippen LogP contribution in [0.15, 0.2) is 158 Å². The number of rotatable bonds is 3. The van der Waals surface area contributed by atoms with Gasteiger partial charge < -0.3 is 0 Å². The van der Waals surface area contributed by atoms with Gasteiger partial charge in [0.25, 0.3) is 0 Å². The van der Waals surface area contributed by atoms with Crippen molar-refractivity contribution >= 4 is 32.3 Å². The molecule has 1 aliphatic carbocycles. The van der Waals surface area contributed by atoms with Crippen LogP contribution < -0.4 is 0 Å². The molecule has 0 heteroatoms. The lowest BCUT2D eigenvalue weighted by Crippen LogP contribution is -2.14. The Hall–Kier alpha value is -5.46. The van der Waals surface area contributed by atoms with Crippen molar-refractivity contribution in [3.8, 4) is 44.5 Å². The Balaban J connectivity index is 1.38. The smallest absolute Gasteiger partial charge is 0.0159 e. The zero-order valence-electron chi connectivity index (χ0n) is 25.5. The maximum atomic E-state index is 2.37. The van der Waals surface area contributed by atoms with Gasteiger partial charge >= 0.3 is 0 Å². The van der Waals surface area contributed by atoms with Crippen LogP contribution in [0.2, 0.25) is 0 Å². The summed E-state index contributed by atoms with van der Waals surface area (Å²) >= 11 is 0. The third-order valence-electron chi connectivity index (χ3n) is 10.1. The van der Waals surface area contributed by atoms with Gasteiger partial charge in [0.2, 0.25) is 0 Å². The first kappa shape index (κ1) is 26.0. The Morgan fingerprint density at radius 3 is 1.51 bits per heavy atom. The second-order valence-electron chi connectivity index (χ2n) is 12.8. The number of fused-ring (bicyclic) bond motifs is 6. The minimum absolute atomic E-state index is 0.0493. The minimum Gasteiger partial charge on any atom is -0.0619 e. The molecule has 0 heterocycles. The van der Waals surface area contributed by atoms with E-state index in [0.717, 1.165) is 0 Å². The molecule has 212 valence electrons. The highest BCUT2D eigenvalue weighted by molar-refractivity contribution is 6.23. The van der Waals surface area contributed by atoms with Crippen LogP contribution in [0.4, 0.5) is 0 Å². The molecule has 1 aliphatic rings. The zero-order chi connectivity index (χ0) is 30.1. The van der Waals surface area contributed by atoms with Crippen LogP contribution in [-0.2, 0) is 5.41 Å². The van der Waals surface area contributed by atoms with E-state index in [1.54, 1.807) is 0 Å². The molecule has 0 atom stereocenters. The Labute approximate surface area is 264 Å². The van der Waals surface area contributed by atoms with E-state index in [2.05, 4.69) is 172 Å². The quantitative estimate of drug-likeness (QED) is 0.185. The van der Waals surface area contributed by atoms with Crippen LogP contribution in [0, 0.1) is 0 Å². The van der Waals surface area contributed by atoms with E-state index in [0.29, 0.717) is 0 Å². The molecule has 0 spiro atoms. The normalized spacial score (nSPS) is 13.3. The SMILES string of the molecule is CC1(C)c2ccccc2-c2c(-c3c4ccccc4c(-c4ccccc4-c4ccc5ccccc5c4)c4ccccc34)cccc21. The highest BCUT2D eigenvalue weighted by atomic mass is 14.4. The molecule has 0 nitrogen and oxygen atoms in total. The van der Waals surface area contributed by atoms with Gasteiger partial charge in [-0.1, -0.05) is 166 Å². The molecule has 0 amide bonds. The van der Waals surface area contributed by atoms with Crippen molar-refractivity contribution < 1.29 is 0 Å². The molecule has 0 bridgehead atoms. The monoisotopic (exact) mass is 572 g/mol. The largest absolute Gasteiger partial charge is 0.0619 e. The summed E-state index contributed by atoms with van der Waals surface area (Å²) in [5, 5.41) is 7.66. The molecule has 0 N–H and O–H groups in total. The molecule has 0 aromatic heterocycles. The van der Waals surface area contributed by atoms with Gasteiger partial charge in [-0.2, -0.15) is 0 Å². The summed E-state index contributed by atoms with van der Waals surface area (Å²) in [5.74, 6) is 0. The summed E-state index contributed by atoms with van der Waals surface area (Å²) in [6, 6.07) is 58.4. The van der Waals surface area contributed by atoms with Crippen molar-refractivity contribution in [2.75, 3.05) is 0 Å². The third-order valence-corrected chi connectivity index (χ3v) is 10.1. The highest BCUT2D eigenvalue weighted by Gasteiger charge is 2.37. The van der Waals surface area contributed by atoms with Crippen LogP contribution in [0.1, 0.15) is 25.0 Å². The summed E-state index contributed by atoms with van der Waals surface area (Å²) < 4.78 is 0. The van der Waals surface area contributed by atoms with Gasteiger partial charge in [-0.25, -0.2) is 0 Å². The van der Waals surface area contributed by atoms with Crippen molar-refractivity contribution in [3.63, 3.8) is 0 Å². The second-order valence-corrected chi connectivity index (χ2v) is 12.8. The first-order valence-corrected chi connectivity index (χ1v) is 15.9. The van der Waals surface area contributed by atoms with Crippen molar-refractivity contribution in [1.29, 1.82) is 0 Å². The fourth-order valence-electron chi connectivity index (χ4n) is 7.98. The number of hydrogen-bond acceptors (Lipinski definition) is 0. The molecule has 9 rings (SSSR count). The molecule has 0 fully saturated rings. The van der Waals surface area contributed by atoms with Gasteiger partial charge in [0.05, 0.1) is 0 Å². The average molecular weight is 573 g/mol. The van der Waals surface area contributed by atoms with Gasteiger partial charge in [0, 0.05) is 5.41 Å². The van der Waals surface area contributed by atoms with Gasteiger partial charge in [-0.3, -0.25) is 0 Å². The molecule has 0 saturated heterocycles. The van der Waals surface area contributed by atoms with E-state index < -0.39 is 0 Å². The Kier molecular flexibility index (Phi) is 5.64. The van der Waals surface area contributed by atoms with E-state index in [1.807, 2.05) is 0 Å². The Bertz CT molecular complexity index is 2400. The maximum Gasteiger partial charge on any atom is 0.0159 e. The van der Waals surface area contributed by atoms with E-state index in [4.69, 9.17) is 0 Å². The number of benzene rings is 8. The molecular weight excluding hydrogens is 540 g/mol. The van der Waals surface area contributed by atoms with Gasteiger partial charge in [-0.05, 0) is 94.0 Å². The lowest BCUT2D eigenvalue weighted by molar-refractivity contribution is 0.660. The first-order chi connectivity index (χ1) is 22.1. The topological polar surface area (TPSA) is 0 Å². The lowest BCUT2D eigenvalue weighted by atomic mass is 9.80. The van der Waals surface area contributed by atoms with Crippen LogP contribution >= 0.6 is 0 Å². The maximum absolute atomic E-state index is 2.37. The average Bonchev–Trinajstić information content (AvgIpc) is 3.33. The molecule has 0 aliphatic heterocycles. The van der Waals surface area contributed by atoms with Crippen LogP contribution in [-0.4, -0.2) is 0 Å². The van der Waals surface area contributed by atoms with E-state index in [9.17, 15) is 0 Å². The van der Waals surface area contributed by atoms with E-state index >= 15 is 0 Å². The highest BCUT2D eigenvalue weighted by Crippen LogP contribution is 2.54. The molecular formula is C45H32. The van der Waals surface area contributed by atoms with Crippen molar-refractivity contribution in [2.45, 2.75) is 19.3 Å². The van der Waals surface area contributed by atoms with E-state index in [-0.39, 0.29) is 5.41 Å². The lowest BCUT2D eigenvalue weighted by Gasteiger charge is -2.23. The molecule has 8 aromatic carbocycles. The molecule has 8 aromatic rings. The zero-order valence-corrected chi connectivity index (χ0v) is 25.5. The van der Waals surface area contributed by atoms with Gasteiger partial charge in [0.1, 0.15) is 0 Å². The molecule has 0 radical (unpaired) electrons. The fraction of sp³-hybridized carbons (Fsp3) is 0.0667. The Morgan fingerprint density at radius 2 is 0.822 bits per heavy atom. The molecule has 0 unspecified atom stereocenters. The van der Waals surface area contributed by atoms with Gasteiger partial charge in [0.15, 0.2) is 0 Å². The van der Waals surface area contributed by atoms with Crippen LogP contribution in [0.5, 0.6) is 0 Å². The van der Waals surface area contributed by atoms with E-state index in [1.165, 1.54) is 88.0 Å². The summed E-state index contributed by atoms with van der Waals surface area (Å²) in [5.41, 5.74) is 13.2. The first-order valence-electron chi connectivity index (χ1n) is 15.9. The van der Waals surface area contributed by atoms with Crippen LogP contribution in [0.3, 0.4) is 0 Å². The minimum atomic E-state index is -0.0493. The molecule has 45 heavy (non-hydrogen) atoms. The summed E-state index contributed by atoms with van der Waals surface area (Å²) in [4.78, 5) is 0. The Morgan fingerprint density at radius 1 is 0.333 bits per heavy atom.